The molecule has 3 N–H and O–H groups in total. The number of pyridine rings is 1. The molecule has 0 saturated heterocycles. The number of rotatable bonds is 5. The Labute approximate surface area is 151 Å². The minimum absolute atomic E-state index is 0. The highest BCUT2D eigenvalue weighted by Gasteiger charge is 2.10. The smallest absolute Gasteiger partial charge is 0.188 e. The van der Waals surface area contributed by atoms with Gasteiger partial charge in [-0.15, -0.1) is 24.0 Å². The first kappa shape index (κ1) is 19.2. The van der Waals surface area contributed by atoms with Gasteiger partial charge in [0, 0.05) is 31.4 Å². The molecule has 1 fully saturated rings. The second-order valence-corrected chi connectivity index (χ2v) is 5.93. The lowest BCUT2D eigenvalue weighted by atomic mass is 9.91. The lowest BCUT2D eigenvalue weighted by Gasteiger charge is -2.17. The fourth-order valence-corrected chi connectivity index (χ4v) is 2.87. The summed E-state index contributed by atoms with van der Waals surface area (Å²) in [5, 5.41) is 3.19. The van der Waals surface area contributed by atoms with E-state index >= 15 is 0 Å². The van der Waals surface area contributed by atoms with Gasteiger partial charge in [-0.1, -0.05) is 38.2 Å². The second kappa shape index (κ2) is 11.7. The van der Waals surface area contributed by atoms with Crippen LogP contribution < -0.4 is 11.1 Å². The van der Waals surface area contributed by atoms with E-state index in [1.54, 1.807) is 0 Å². The quantitative estimate of drug-likeness (QED) is 0.439. The number of hydrogen-bond acceptors (Lipinski definition) is 2. The molecular formula is C17H29IN4. The highest BCUT2D eigenvalue weighted by molar-refractivity contribution is 14.0. The van der Waals surface area contributed by atoms with Crippen LogP contribution >= 0.6 is 24.0 Å². The molecule has 124 valence electrons. The molecule has 1 aromatic heterocycles. The van der Waals surface area contributed by atoms with E-state index in [-0.39, 0.29) is 24.0 Å². The maximum absolute atomic E-state index is 5.94. The van der Waals surface area contributed by atoms with Crippen LogP contribution in [0.15, 0.2) is 29.4 Å². The molecule has 2 rings (SSSR count). The van der Waals surface area contributed by atoms with E-state index in [2.05, 4.69) is 15.3 Å². The van der Waals surface area contributed by atoms with Crippen molar-refractivity contribution in [1.29, 1.82) is 0 Å². The van der Waals surface area contributed by atoms with Gasteiger partial charge < -0.3 is 11.1 Å². The molecule has 0 spiro atoms. The summed E-state index contributed by atoms with van der Waals surface area (Å²) in [7, 11) is 0. The number of halogens is 1. The maximum atomic E-state index is 5.94. The lowest BCUT2D eigenvalue weighted by molar-refractivity contribution is 0.386. The van der Waals surface area contributed by atoms with Gasteiger partial charge in [0.2, 0.25) is 0 Å². The zero-order valence-electron chi connectivity index (χ0n) is 13.3. The van der Waals surface area contributed by atoms with Crippen LogP contribution in [0.2, 0.25) is 0 Å². The number of nitrogens with zero attached hydrogens (tertiary/aromatic N) is 2. The minimum atomic E-state index is 0. The Morgan fingerprint density at radius 2 is 1.91 bits per heavy atom. The first-order valence-corrected chi connectivity index (χ1v) is 8.28. The van der Waals surface area contributed by atoms with Crippen molar-refractivity contribution in [2.45, 2.75) is 51.4 Å². The third-order valence-corrected chi connectivity index (χ3v) is 4.16. The van der Waals surface area contributed by atoms with Crippen LogP contribution in [0.5, 0.6) is 0 Å². The SMILES string of the molecule is I.NC(=NCC1CCCCCCC1)NCCc1ccccn1. The predicted molar refractivity (Wildman–Crippen MR) is 104 cm³/mol. The molecule has 22 heavy (non-hydrogen) atoms. The van der Waals surface area contributed by atoms with E-state index in [4.69, 9.17) is 5.73 Å². The molecule has 0 bridgehead atoms. The van der Waals surface area contributed by atoms with Gasteiger partial charge in [0.25, 0.3) is 0 Å². The van der Waals surface area contributed by atoms with Crippen LogP contribution in [-0.4, -0.2) is 24.0 Å². The summed E-state index contributed by atoms with van der Waals surface area (Å²) >= 11 is 0. The highest BCUT2D eigenvalue weighted by atomic mass is 127. The molecule has 1 aliphatic rings. The summed E-state index contributed by atoms with van der Waals surface area (Å²) in [6.45, 7) is 1.67. The number of aliphatic imine (C=N–C) groups is 1. The summed E-state index contributed by atoms with van der Waals surface area (Å²) in [6.07, 6.45) is 12.2. The van der Waals surface area contributed by atoms with Crippen molar-refractivity contribution in [2.75, 3.05) is 13.1 Å². The minimum Gasteiger partial charge on any atom is -0.370 e. The van der Waals surface area contributed by atoms with Crippen LogP contribution in [0.1, 0.15) is 50.6 Å². The largest absolute Gasteiger partial charge is 0.370 e. The van der Waals surface area contributed by atoms with Crippen molar-refractivity contribution in [3.63, 3.8) is 0 Å². The average molecular weight is 416 g/mol. The molecule has 1 heterocycles. The number of aromatic nitrogens is 1. The number of hydrogen-bond donors (Lipinski definition) is 2. The Hall–Kier alpha value is -0.850. The number of guanidine groups is 1. The number of nitrogens with two attached hydrogens (primary N) is 1. The van der Waals surface area contributed by atoms with Crippen LogP contribution in [0.4, 0.5) is 0 Å². The van der Waals surface area contributed by atoms with Crippen LogP contribution in [0, 0.1) is 5.92 Å². The third-order valence-electron chi connectivity index (χ3n) is 4.16. The van der Waals surface area contributed by atoms with E-state index in [1.807, 2.05) is 24.4 Å². The molecular weight excluding hydrogens is 387 g/mol. The first-order valence-electron chi connectivity index (χ1n) is 8.28. The fraction of sp³-hybridized carbons (Fsp3) is 0.647. The normalized spacial score (nSPS) is 17.2. The van der Waals surface area contributed by atoms with E-state index in [1.165, 1.54) is 44.9 Å². The van der Waals surface area contributed by atoms with Gasteiger partial charge in [0.15, 0.2) is 5.96 Å². The average Bonchev–Trinajstić information content (AvgIpc) is 2.47. The number of nitrogens with one attached hydrogen (secondary N) is 1. The molecule has 1 aliphatic carbocycles. The monoisotopic (exact) mass is 416 g/mol. The van der Waals surface area contributed by atoms with Gasteiger partial charge in [0.05, 0.1) is 0 Å². The molecule has 4 nitrogen and oxygen atoms in total. The second-order valence-electron chi connectivity index (χ2n) is 5.93. The maximum Gasteiger partial charge on any atom is 0.188 e. The fourth-order valence-electron chi connectivity index (χ4n) is 2.87. The van der Waals surface area contributed by atoms with E-state index in [0.29, 0.717) is 5.96 Å². The van der Waals surface area contributed by atoms with E-state index < -0.39 is 0 Å². The predicted octanol–water partition coefficient (Wildman–Crippen LogP) is 3.51. The van der Waals surface area contributed by atoms with Gasteiger partial charge in [-0.05, 0) is 30.9 Å². The van der Waals surface area contributed by atoms with Crippen molar-refractivity contribution in [3.8, 4) is 0 Å². The Morgan fingerprint density at radius 1 is 1.18 bits per heavy atom. The van der Waals surface area contributed by atoms with Crippen molar-refractivity contribution in [3.05, 3.63) is 30.1 Å². The Balaban J connectivity index is 0.00000242. The summed E-state index contributed by atoms with van der Waals surface area (Å²) in [5.74, 6) is 1.30. The van der Waals surface area contributed by atoms with E-state index in [9.17, 15) is 0 Å². The molecule has 0 amide bonds. The molecule has 0 atom stereocenters. The standard InChI is InChI=1S/C17H28N4.HI/c18-17(20-13-11-16-10-6-7-12-19-16)21-14-15-8-4-2-1-3-5-9-15;/h6-7,10,12,15H,1-5,8-9,11,13-14H2,(H3,18,20,21);1H. The van der Waals surface area contributed by atoms with Gasteiger partial charge in [0.1, 0.15) is 0 Å². The lowest BCUT2D eigenvalue weighted by Crippen LogP contribution is -2.33. The van der Waals surface area contributed by atoms with Crippen molar-refractivity contribution >= 4 is 29.9 Å². The van der Waals surface area contributed by atoms with Gasteiger partial charge in [-0.25, -0.2) is 0 Å². The Bertz CT molecular complexity index is 414. The van der Waals surface area contributed by atoms with Crippen molar-refractivity contribution in [2.24, 2.45) is 16.6 Å². The topological polar surface area (TPSA) is 63.3 Å². The molecule has 5 heteroatoms. The molecule has 0 unspecified atom stereocenters. The third kappa shape index (κ3) is 7.96. The Morgan fingerprint density at radius 3 is 2.59 bits per heavy atom. The van der Waals surface area contributed by atoms with Crippen LogP contribution in [0.25, 0.3) is 0 Å². The van der Waals surface area contributed by atoms with Crippen molar-refractivity contribution < 1.29 is 0 Å². The summed E-state index contributed by atoms with van der Waals surface area (Å²) in [6, 6.07) is 5.97. The van der Waals surface area contributed by atoms with Crippen LogP contribution in [0.3, 0.4) is 0 Å². The summed E-state index contributed by atoms with van der Waals surface area (Å²) < 4.78 is 0. The Kier molecular flexibility index (Phi) is 10.2. The molecule has 1 saturated carbocycles. The summed E-state index contributed by atoms with van der Waals surface area (Å²) in [4.78, 5) is 8.81. The summed E-state index contributed by atoms with van der Waals surface area (Å²) in [5.41, 5.74) is 7.02. The van der Waals surface area contributed by atoms with Gasteiger partial charge >= 0.3 is 0 Å². The van der Waals surface area contributed by atoms with Crippen molar-refractivity contribution in [1.82, 2.24) is 10.3 Å². The van der Waals surface area contributed by atoms with E-state index in [0.717, 1.165) is 31.1 Å². The molecule has 1 aromatic rings. The zero-order chi connectivity index (χ0) is 14.8. The molecule has 0 aromatic carbocycles. The zero-order valence-corrected chi connectivity index (χ0v) is 15.7. The highest BCUT2D eigenvalue weighted by Crippen LogP contribution is 2.22. The molecule has 0 radical (unpaired) electrons. The first-order chi connectivity index (χ1) is 10.3. The van der Waals surface area contributed by atoms with Crippen LogP contribution in [-0.2, 0) is 6.42 Å². The molecule has 0 aliphatic heterocycles. The van der Waals surface area contributed by atoms with Gasteiger partial charge in [-0.3, -0.25) is 9.98 Å². The van der Waals surface area contributed by atoms with Gasteiger partial charge in [-0.2, -0.15) is 0 Å².